The molecule has 0 saturated carbocycles. The number of aryl methyl sites for hydroxylation is 1. The van der Waals surface area contributed by atoms with Crippen molar-refractivity contribution in [1.29, 1.82) is 0 Å². The molecule has 1 aromatic carbocycles. The van der Waals surface area contributed by atoms with Crippen LogP contribution in [-0.4, -0.2) is 42.4 Å². The number of benzene rings is 1. The van der Waals surface area contributed by atoms with Gasteiger partial charge in [-0.05, 0) is 26.3 Å². The van der Waals surface area contributed by atoms with Crippen molar-refractivity contribution in [2.75, 3.05) is 14.2 Å². The van der Waals surface area contributed by atoms with Crippen LogP contribution in [0.4, 0.5) is 0 Å². The van der Waals surface area contributed by atoms with Crippen LogP contribution in [0.2, 0.25) is 0 Å². The quantitative estimate of drug-likeness (QED) is 0.581. The van der Waals surface area contributed by atoms with Gasteiger partial charge < -0.3 is 19.6 Å². The molecule has 0 amide bonds. The van der Waals surface area contributed by atoms with Crippen molar-refractivity contribution in [2.24, 2.45) is 15.5 Å². The summed E-state index contributed by atoms with van der Waals surface area (Å²) in [6.07, 6.45) is 0. The van der Waals surface area contributed by atoms with E-state index in [-0.39, 0.29) is 12.2 Å². The Bertz CT molecular complexity index is 680. The van der Waals surface area contributed by atoms with Gasteiger partial charge in [0.1, 0.15) is 32.2 Å². The molecule has 1 rings (SSSR count). The fourth-order valence-electron chi connectivity index (χ4n) is 2.06. The molecular formula is C16H21N3O5. The molecule has 24 heavy (non-hydrogen) atoms. The van der Waals surface area contributed by atoms with E-state index in [4.69, 9.17) is 14.5 Å². The first-order valence-electron chi connectivity index (χ1n) is 7.10. The summed E-state index contributed by atoms with van der Waals surface area (Å²) >= 11 is 0. The molecule has 0 spiro atoms. The van der Waals surface area contributed by atoms with E-state index in [0.29, 0.717) is 28.3 Å². The summed E-state index contributed by atoms with van der Waals surface area (Å²) < 4.78 is 0. The highest BCUT2D eigenvalue weighted by atomic mass is 16.6. The zero-order chi connectivity index (χ0) is 18.1. The number of nitrogens with zero attached hydrogens (tertiary/aromatic N) is 3. The van der Waals surface area contributed by atoms with Gasteiger partial charge in [0.2, 0.25) is 0 Å². The van der Waals surface area contributed by atoms with Crippen LogP contribution in [0.5, 0.6) is 0 Å². The second-order valence-corrected chi connectivity index (χ2v) is 4.85. The molecule has 0 radical (unpaired) electrons. The highest BCUT2D eigenvalue weighted by molar-refractivity contribution is 6.67. The van der Waals surface area contributed by atoms with Crippen LogP contribution >= 0.6 is 0 Å². The number of carbonyl (C=O) groups is 1. The van der Waals surface area contributed by atoms with E-state index in [1.807, 2.05) is 0 Å². The van der Waals surface area contributed by atoms with Crippen LogP contribution in [0.15, 0.2) is 33.7 Å². The molecule has 1 N–H and O–H groups in total. The van der Waals surface area contributed by atoms with Crippen LogP contribution in [0.1, 0.15) is 35.3 Å². The van der Waals surface area contributed by atoms with Crippen LogP contribution in [0, 0.1) is 6.92 Å². The van der Waals surface area contributed by atoms with Crippen molar-refractivity contribution in [1.82, 2.24) is 0 Å². The lowest BCUT2D eigenvalue weighted by Crippen LogP contribution is -2.21. The highest BCUT2D eigenvalue weighted by Gasteiger charge is 2.14. The average molecular weight is 335 g/mol. The Morgan fingerprint density at radius 2 is 1.71 bits per heavy atom. The zero-order valence-corrected chi connectivity index (χ0v) is 14.4. The minimum atomic E-state index is -1.00. The van der Waals surface area contributed by atoms with E-state index in [1.165, 1.54) is 14.2 Å². The standard InChI is InChI=1S/C16H21N3O5/c1-10-7-6-8-13(14(10)16(20)21)9-24-18-12(3)15(19-23-5)11(2)17-22-4/h6-8H,9H2,1-5H3,(H,20,21)/b17-11-,18-12-,19-15-. The number of carboxylic acids is 1. The van der Waals surface area contributed by atoms with Crippen molar-refractivity contribution in [2.45, 2.75) is 27.4 Å². The summed E-state index contributed by atoms with van der Waals surface area (Å²) in [5, 5.41) is 20.8. The summed E-state index contributed by atoms with van der Waals surface area (Å²) in [7, 11) is 2.82. The van der Waals surface area contributed by atoms with Gasteiger partial charge in [-0.1, -0.05) is 33.7 Å². The predicted molar refractivity (Wildman–Crippen MR) is 90.6 cm³/mol. The van der Waals surface area contributed by atoms with Crippen molar-refractivity contribution < 1.29 is 24.4 Å². The van der Waals surface area contributed by atoms with Gasteiger partial charge in [-0.15, -0.1) is 0 Å². The summed E-state index contributed by atoms with van der Waals surface area (Å²) in [5.41, 5.74) is 2.65. The van der Waals surface area contributed by atoms with E-state index in [2.05, 4.69) is 15.5 Å². The first-order valence-corrected chi connectivity index (χ1v) is 7.10. The summed E-state index contributed by atoms with van der Waals surface area (Å²) in [6, 6.07) is 5.18. The van der Waals surface area contributed by atoms with Gasteiger partial charge in [-0.25, -0.2) is 4.79 Å². The van der Waals surface area contributed by atoms with Gasteiger partial charge in [0, 0.05) is 5.56 Å². The molecule has 0 aromatic heterocycles. The van der Waals surface area contributed by atoms with Gasteiger partial charge in [0.25, 0.3) is 0 Å². The van der Waals surface area contributed by atoms with E-state index in [9.17, 15) is 9.90 Å². The fraction of sp³-hybridized carbons (Fsp3) is 0.375. The molecule has 0 fully saturated rings. The molecule has 0 atom stereocenters. The maximum absolute atomic E-state index is 11.3. The molecule has 130 valence electrons. The summed E-state index contributed by atoms with van der Waals surface area (Å²) in [6.45, 7) is 5.10. The molecule has 0 aliphatic rings. The summed E-state index contributed by atoms with van der Waals surface area (Å²) in [5.74, 6) is -1.00. The maximum Gasteiger partial charge on any atom is 0.336 e. The fourth-order valence-corrected chi connectivity index (χ4v) is 2.06. The first kappa shape index (κ1) is 19.1. The molecule has 0 unspecified atom stereocenters. The third-order valence-electron chi connectivity index (χ3n) is 3.09. The molecule has 0 saturated heterocycles. The molecule has 1 aromatic rings. The number of hydrogen-bond acceptors (Lipinski definition) is 7. The van der Waals surface area contributed by atoms with Crippen LogP contribution < -0.4 is 0 Å². The van der Waals surface area contributed by atoms with E-state index < -0.39 is 5.97 Å². The Labute approximate surface area is 140 Å². The van der Waals surface area contributed by atoms with Crippen molar-refractivity contribution in [3.8, 4) is 0 Å². The summed E-state index contributed by atoms with van der Waals surface area (Å²) in [4.78, 5) is 26.1. The van der Waals surface area contributed by atoms with Gasteiger partial charge in [-0.2, -0.15) is 0 Å². The van der Waals surface area contributed by atoms with Gasteiger partial charge in [-0.3, -0.25) is 0 Å². The normalized spacial score (nSPS) is 12.8. The van der Waals surface area contributed by atoms with Gasteiger partial charge in [0.15, 0.2) is 5.71 Å². The minimum Gasteiger partial charge on any atom is -0.478 e. The van der Waals surface area contributed by atoms with Gasteiger partial charge in [0.05, 0.1) is 5.56 Å². The van der Waals surface area contributed by atoms with Crippen LogP contribution in [0.3, 0.4) is 0 Å². The third kappa shape index (κ3) is 5.08. The number of aromatic carboxylic acids is 1. The van der Waals surface area contributed by atoms with E-state index in [0.717, 1.165) is 0 Å². The predicted octanol–water partition coefficient (Wildman–Crippen LogP) is 2.61. The Hall–Kier alpha value is -2.90. The SMILES string of the molecule is CO\N=C(C)/C(=N/OC)C(/C)=N\OCc1cccc(C)c1C(=O)O. The van der Waals surface area contributed by atoms with Crippen molar-refractivity contribution >= 4 is 23.1 Å². The Morgan fingerprint density at radius 1 is 1.08 bits per heavy atom. The number of oxime groups is 3. The topological polar surface area (TPSA) is 102 Å². The minimum absolute atomic E-state index is 0.0153. The lowest BCUT2D eigenvalue weighted by Gasteiger charge is -2.08. The van der Waals surface area contributed by atoms with Crippen LogP contribution in [-0.2, 0) is 21.1 Å². The maximum atomic E-state index is 11.3. The third-order valence-corrected chi connectivity index (χ3v) is 3.09. The van der Waals surface area contributed by atoms with Crippen molar-refractivity contribution in [3.63, 3.8) is 0 Å². The molecule has 0 aliphatic carbocycles. The molecule has 8 nitrogen and oxygen atoms in total. The monoisotopic (exact) mass is 335 g/mol. The molecule has 8 heteroatoms. The largest absolute Gasteiger partial charge is 0.478 e. The first-order chi connectivity index (χ1) is 11.4. The highest BCUT2D eigenvalue weighted by Crippen LogP contribution is 2.15. The Kier molecular flexibility index (Phi) is 7.41. The Balaban J connectivity index is 2.94. The van der Waals surface area contributed by atoms with Gasteiger partial charge >= 0.3 is 5.97 Å². The molecule has 0 bridgehead atoms. The van der Waals surface area contributed by atoms with E-state index in [1.54, 1.807) is 39.0 Å². The van der Waals surface area contributed by atoms with Crippen LogP contribution in [0.25, 0.3) is 0 Å². The number of hydrogen-bond donors (Lipinski definition) is 1. The van der Waals surface area contributed by atoms with Crippen molar-refractivity contribution in [3.05, 3.63) is 34.9 Å². The molecular weight excluding hydrogens is 314 g/mol. The number of rotatable bonds is 8. The molecule has 0 aliphatic heterocycles. The molecule has 0 heterocycles. The lowest BCUT2D eigenvalue weighted by molar-refractivity contribution is 0.0687. The second kappa shape index (κ2) is 9.29. The smallest absolute Gasteiger partial charge is 0.336 e. The lowest BCUT2D eigenvalue weighted by atomic mass is 10.0. The van der Waals surface area contributed by atoms with E-state index >= 15 is 0 Å². The second-order valence-electron chi connectivity index (χ2n) is 4.85. The zero-order valence-electron chi connectivity index (χ0n) is 14.4. The average Bonchev–Trinajstić information content (AvgIpc) is 2.52. The number of carboxylic acid groups (broad SMARTS) is 1. The Morgan fingerprint density at radius 3 is 2.29 bits per heavy atom.